The second-order valence-electron chi connectivity index (χ2n) is 3.51. The summed E-state index contributed by atoms with van der Waals surface area (Å²) in [6.07, 6.45) is 0.726. The molecule has 0 atom stereocenters. The third kappa shape index (κ3) is 3.43. The lowest BCUT2D eigenvalue weighted by Crippen LogP contribution is -2.03. The molecule has 0 amide bonds. The van der Waals surface area contributed by atoms with Crippen LogP contribution < -0.4 is 5.73 Å². The molecule has 1 aromatic heterocycles. The number of H-pyrrole nitrogens is 1. The number of aromatic nitrogens is 2. The fraction of sp³-hybridized carbons (Fsp3) is 0.273. The second-order valence-corrected chi connectivity index (χ2v) is 3.51. The number of fused-ring (bicyclic) bond motifs is 1. The van der Waals surface area contributed by atoms with Crippen LogP contribution in [0.2, 0.25) is 0 Å². The van der Waals surface area contributed by atoms with Gasteiger partial charge >= 0.3 is 0 Å². The molecule has 0 aliphatic carbocycles. The number of rotatable bonds is 3. The molecule has 2 aromatic rings. The Bertz CT molecular complexity index is 510. The third-order valence-corrected chi connectivity index (χ3v) is 2.32. The van der Waals surface area contributed by atoms with Crippen LogP contribution in [0.5, 0.6) is 0 Å². The lowest BCUT2D eigenvalue weighted by molar-refractivity contribution is 0.101. The number of nitrogens with one attached hydrogen (secondary N) is 1. The minimum atomic E-state index is 0. The molecule has 1 heterocycles. The van der Waals surface area contributed by atoms with Crippen LogP contribution in [0.15, 0.2) is 18.2 Å². The van der Waals surface area contributed by atoms with Crippen molar-refractivity contribution in [1.29, 1.82) is 0 Å². The Morgan fingerprint density at radius 1 is 1.41 bits per heavy atom. The number of carbonyl (C=O) groups excluding carboxylic acids is 1. The zero-order valence-corrected chi connectivity index (χ0v) is 11.0. The first-order chi connectivity index (χ1) is 7.20. The smallest absolute Gasteiger partial charge is 0.159 e. The van der Waals surface area contributed by atoms with Crippen molar-refractivity contribution in [2.75, 3.05) is 6.54 Å². The van der Waals surface area contributed by atoms with E-state index in [4.69, 9.17) is 5.73 Å². The van der Waals surface area contributed by atoms with Gasteiger partial charge in [0.05, 0.1) is 11.0 Å². The standard InChI is InChI=1S/C11H13N3O.2ClH/c1-7(15)8-2-3-9-10(6-8)14-11(13-9)4-5-12;;/h2-3,6H,4-5,12H2,1H3,(H,13,14);2*1H. The monoisotopic (exact) mass is 275 g/mol. The molecule has 0 radical (unpaired) electrons. The van der Waals surface area contributed by atoms with E-state index >= 15 is 0 Å². The van der Waals surface area contributed by atoms with Gasteiger partial charge < -0.3 is 10.7 Å². The maximum Gasteiger partial charge on any atom is 0.159 e. The van der Waals surface area contributed by atoms with Gasteiger partial charge in [-0.3, -0.25) is 4.79 Å². The summed E-state index contributed by atoms with van der Waals surface area (Å²) < 4.78 is 0. The highest BCUT2D eigenvalue weighted by molar-refractivity contribution is 5.97. The van der Waals surface area contributed by atoms with Gasteiger partial charge in [-0.1, -0.05) is 0 Å². The maximum absolute atomic E-state index is 11.2. The summed E-state index contributed by atoms with van der Waals surface area (Å²) in [7, 11) is 0. The number of carbonyl (C=O) groups is 1. The van der Waals surface area contributed by atoms with Crippen molar-refractivity contribution in [3.63, 3.8) is 0 Å². The number of hydrogen-bond donors (Lipinski definition) is 2. The Balaban J connectivity index is 0.00000128. The van der Waals surface area contributed by atoms with Gasteiger partial charge in [-0.25, -0.2) is 4.98 Å². The molecule has 0 aliphatic heterocycles. The Hall–Kier alpha value is -1.10. The van der Waals surface area contributed by atoms with Crippen LogP contribution in [-0.2, 0) is 6.42 Å². The molecule has 0 saturated heterocycles. The number of ketones is 1. The molecule has 94 valence electrons. The van der Waals surface area contributed by atoms with E-state index in [1.165, 1.54) is 0 Å². The SMILES string of the molecule is CC(=O)c1ccc2[nH]c(CCN)nc2c1.Cl.Cl. The Kier molecular flexibility index (Phi) is 6.16. The van der Waals surface area contributed by atoms with Gasteiger partial charge in [0, 0.05) is 12.0 Å². The normalized spacial score (nSPS) is 9.53. The highest BCUT2D eigenvalue weighted by Gasteiger charge is 2.05. The van der Waals surface area contributed by atoms with E-state index in [1.54, 1.807) is 19.1 Å². The molecule has 4 nitrogen and oxygen atoms in total. The summed E-state index contributed by atoms with van der Waals surface area (Å²) in [6.45, 7) is 2.12. The quantitative estimate of drug-likeness (QED) is 0.843. The van der Waals surface area contributed by atoms with E-state index < -0.39 is 0 Å². The molecule has 0 saturated carbocycles. The van der Waals surface area contributed by atoms with Crippen LogP contribution in [0, 0.1) is 0 Å². The van der Waals surface area contributed by atoms with E-state index in [0.29, 0.717) is 12.1 Å². The van der Waals surface area contributed by atoms with Crippen molar-refractivity contribution in [2.45, 2.75) is 13.3 Å². The van der Waals surface area contributed by atoms with Crippen LogP contribution in [0.1, 0.15) is 23.1 Å². The first-order valence-electron chi connectivity index (χ1n) is 4.90. The van der Waals surface area contributed by atoms with Gasteiger partial charge in [0.1, 0.15) is 5.82 Å². The average Bonchev–Trinajstić information content (AvgIpc) is 2.59. The summed E-state index contributed by atoms with van der Waals surface area (Å²) >= 11 is 0. The van der Waals surface area contributed by atoms with Gasteiger partial charge in [-0.2, -0.15) is 0 Å². The molecule has 0 aliphatic rings. The van der Waals surface area contributed by atoms with E-state index in [9.17, 15) is 4.79 Å². The first kappa shape index (κ1) is 15.9. The molecular formula is C11H15Cl2N3O. The van der Waals surface area contributed by atoms with E-state index in [1.807, 2.05) is 6.07 Å². The van der Waals surface area contributed by atoms with E-state index in [2.05, 4.69) is 9.97 Å². The van der Waals surface area contributed by atoms with Crippen molar-refractivity contribution < 1.29 is 4.79 Å². The molecule has 6 heteroatoms. The predicted octanol–water partition coefficient (Wildman–Crippen LogP) is 2.11. The van der Waals surface area contributed by atoms with Gasteiger partial charge in [-0.15, -0.1) is 24.8 Å². The molecule has 17 heavy (non-hydrogen) atoms. The number of nitrogens with two attached hydrogens (primary N) is 1. The maximum atomic E-state index is 11.2. The van der Waals surface area contributed by atoms with Gasteiger partial charge in [0.15, 0.2) is 5.78 Å². The fourth-order valence-corrected chi connectivity index (χ4v) is 1.53. The second kappa shape index (κ2) is 6.59. The van der Waals surface area contributed by atoms with Gasteiger partial charge in [0.2, 0.25) is 0 Å². The van der Waals surface area contributed by atoms with Gasteiger partial charge in [-0.05, 0) is 31.7 Å². The lowest BCUT2D eigenvalue weighted by atomic mass is 10.1. The lowest BCUT2D eigenvalue weighted by Gasteiger charge is -1.93. The van der Waals surface area contributed by atoms with E-state index in [0.717, 1.165) is 23.3 Å². The van der Waals surface area contributed by atoms with Crippen LogP contribution >= 0.6 is 24.8 Å². The Morgan fingerprint density at radius 3 is 2.71 bits per heavy atom. The number of nitrogens with zero attached hydrogens (tertiary/aromatic N) is 1. The molecule has 0 fully saturated rings. The largest absolute Gasteiger partial charge is 0.342 e. The highest BCUT2D eigenvalue weighted by Crippen LogP contribution is 2.14. The molecule has 0 unspecified atom stereocenters. The Labute approximate surface area is 112 Å². The summed E-state index contributed by atoms with van der Waals surface area (Å²) in [5.41, 5.74) is 7.91. The molecule has 2 rings (SSSR count). The summed E-state index contributed by atoms with van der Waals surface area (Å²) in [5, 5.41) is 0. The minimum Gasteiger partial charge on any atom is -0.342 e. The van der Waals surface area contributed by atoms with Crippen LogP contribution in [0.3, 0.4) is 0 Å². The van der Waals surface area contributed by atoms with Crippen molar-refractivity contribution >= 4 is 41.6 Å². The van der Waals surface area contributed by atoms with Crippen LogP contribution in [0.25, 0.3) is 11.0 Å². The van der Waals surface area contributed by atoms with Crippen molar-refractivity contribution in [1.82, 2.24) is 9.97 Å². The molecular weight excluding hydrogens is 261 g/mol. The predicted molar refractivity (Wildman–Crippen MR) is 73.4 cm³/mol. The number of halogens is 2. The van der Waals surface area contributed by atoms with Gasteiger partial charge in [0.25, 0.3) is 0 Å². The minimum absolute atomic E-state index is 0. The van der Waals surface area contributed by atoms with Crippen molar-refractivity contribution in [3.05, 3.63) is 29.6 Å². The third-order valence-electron chi connectivity index (χ3n) is 2.32. The molecule has 1 aromatic carbocycles. The average molecular weight is 276 g/mol. The topological polar surface area (TPSA) is 71.8 Å². The summed E-state index contributed by atoms with van der Waals surface area (Å²) in [4.78, 5) is 18.7. The summed E-state index contributed by atoms with van der Waals surface area (Å²) in [6, 6.07) is 5.47. The number of aromatic amines is 1. The highest BCUT2D eigenvalue weighted by atomic mass is 35.5. The molecule has 3 N–H and O–H groups in total. The van der Waals surface area contributed by atoms with Crippen molar-refractivity contribution in [2.24, 2.45) is 5.73 Å². The number of hydrogen-bond acceptors (Lipinski definition) is 3. The molecule has 0 bridgehead atoms. The molecule has 0 spiro atoms. The zero-order chi connectivity index (χ0) is 10.8. The number of Topliss-reactive ketones (excluding diaryl/α,β-unsaturated/α-hetero) is 1. The van der Waals surface area contributed by atoms with Crippen LogP contribution in [-0.4, -0.2) is 22.3 Å². The summed E-state index contributed by atoms with van der Waals surface area (Å²) in [5.74, 6) is 0.925. The zero-order valence-electron chi connectivity index (χ0n) is 9.40. The first-order valence-corrected chi connectivity index (χ1v) is 4.90. The van der Waals surface area contributed by atoms with E-state index in [-0.39, 0.29) is 30.6 Å². The van der Waals surface area contributed by atoms with Crippen LogP contribution in [0.4, 0.5) is 0 Å². The fourth-order valence-electron chi connectivity index (χ4n) is 1.53. The number of benzene rings is 1. The number of imidazole rings is 1. The Morgan fingerprint density at radius 2 is 2.12 bits per heavy atom. The van der Waals surface area contributed by atoms with Crippen molar-refractivity contribution in [3.8, 4) is 0 Å².